The van der Waals surface area contributed by atoms with Gasteiger partial charge in [0.25, 0.3) is 0 Å². The molecular formula is C13H19N3O2. The number of carbonyl (C=O) groups is 1. The van der Waals surface area contributed by atoms with Crippen LogP contribution in [0.25, 0.3) is 0 Å². The summed E-state index contributed by atoms with van der Waals surface area (Å²) < 4.78 is 0. The number of carboxylic acid groups (broad SMARTS) is 1. The Morgan fingerprint density at radius 1 is 1.44 bits per heavy atom. The number of carboxylic acids is 1. The lowest BCUT2D eigenvalue weighted by Crippen LogP contribution is -2.33. The van der Waals surface area contributed by atoms with E-state index in [-0.39, 0.29) is 5.92 Å². The van der Waals surface area contributed by atoms with Crippen molar-refractivity contribution in [1.29, 1.82) is 0 Å². The standard InChI is InChI=1S/C13H19N3O2/c1-15-6-7-16(9-11(8-15)13(17)18)10-12-4-2-3-5-14-12/h2-5,11H,6-10H2,1H3,(H,17,18). The van der Waals surface area contributed by atoms with Gasteiger partial charge >= 0.3 is 5.97 Å². The molecule has 5 nitrogen and oxygen atoms in total. The van der Waals surface area contributed by atoms with Crippen LogP contribution in [-0.2, 0) is 11.3 Å². The third-order valence-electron chi connectivity index (χ3n) is 3.27. The molecule has 0 saturated carbocycles. The molecule has 0 spiro atoms. The summed E-state index contributed by atoms with van der Waals surface area (Å²) in [6.07, 6.45) is 1.77. The van der Waals surface area contributed by atoms with Gasteiger partial charge in [0.2, 0.25) is 0 Å². The van der Waals surface area contributed by atoms with Crippen molar-refractivity contribution in [3.63, 3.8) is 0 Å². The van der Waals surface area contributed by atoms with Crippen LogP contribution in [0.4, 0.5) is 0 Å². The predicted molar refractivity (Wildman–Crippen MR) is 68.1 cm³/mol. The third kappa shape index (κ3) is 3.51. The van der Waals surface area contributed by atoms with Crippen molar-refractivity contribution in [3.8, 4) is 0 Å². The number of aromatic nitrogens is 1. The van der Waals surface area contributed by atoms with E-state index < -0.39 is 5.97 Å². The fourth-order valence-corrected chi connectivity index (χ4v) is 2.26. The monoisotopic (exact) mass is 249 g/mol. The summed E-state index contributed by atoms with van der Waals surface area (Å²) in [5.41, 5.74) is 0.992. The van der Waals surface area contributed by atoms with E-state index in [4.69, 9.17) is 0 Å². The molecule has 1 N–H and O–H groups in total. The average molecular weight is 249 g/mol. The Morgan fingerprint density at radius 2 is 2.28 bits per heavy atom. The molecular weight excluding hydrogens is 230 g/mol. The molecule has 1 fully saturated rings. The first-order valence-electron chi connectivity index (χ1n) is 6.19. The zero-order chi connectivity index (χ0) is 13.0. The first-order valence-corrected chi connectivity index (χ1v) is 6.19. The topological polar surface area (TPSA) is 56.7 Å². The number of pyridine rings is 1. The minimum Gasteiger partial charge on any atom is -0.481 e. The van der Waals surface area contributed by atoms with E-state index in [1.807, 2.05) is 25.2 Å². The van der Waals surface area contributed by atoms with Crippen molar-refractivity contribution >= 4 is 5.97 Å². The zero-order valence-electron chi connectivity index (χ0n) is 10.6. The maximum atomic E-state index is 11.2. The minimum atomic E-state index is -0.713. The van der Waals surface area contributed by atoms with Gasteiger partial charge < -0.3 is 10.0 Å². The van der Waals surface area contributed by atoms with Crippen LogP contribution in [0, 0.1) is 5.92 Å². The van der Waals surface area contributed by atoms with Gasteiger partial charge in [0, 0.05) is 38.9 Å². The molecule has 0 amide bonds. The molecule has 0 bridgehead atoms. The number of likely N-dealkylation sites (N-methyl/N-ethyl adjacent to an activating group) is 1. The van der Waals surface area contributed by atoms with Gasteiger partial charge in [-0.1, -0.05) is 6.07 Å². The summed E-state index contributed by atoms with van der Waals surface area (Å²) in [7, 11) is 1.97. The molecule has 0 aliphatic carbocycles. The Morgan fingerprint density at radius 3 is 2.94 bits per heavy atom. The molecule has 5 heteroatoms. The summed E-state index contributed by atoms with van der Waals surface area (Å²) in [4.78, 5) is 19.7. The first kappa shape index (κ1) is 13.0. The van der Waals surface area contributed by atoms with E-state index in [0.717, 1.165) is 25.3 Å². The maximum Gasteiger partial charge on any atom is 0.309 e. The molecule has 1 aromatic heterocycles. The number of nitrogens with zero attached hydrogens (tertiary/aromatic N) is 3. The molecule has 2 heterocycles. The summed E-state index contributed by atoms with van der Waals surface area (Å²) in [6.45, 7) is 3.72. The lowest BCUT2D eigenvalue weighted by molar-refractivity contribution is -0.142. The largest absolute Gasteiger partial charge is 0.481 e. The van der Waals surface area contributed by atoms with Crippen molar-refractivity contribution in [1.82, 2.24) is 14.8 Å². The summed E-state index contributed by atoms with van der Waals surface area (Å²) >= 11 is 0. The lowest BCUT2D eigenvalue weighted by atomic mass is 10.1. The van der Waals surface area contributed by atoms with Gasteiger partial charge in [-0.3, -0.25) is 14.7 Å². The van der Waals surface area contributed by atoms with E-state index in [2.05, 4.69) is 14.8 Å². The maximum absolute atomic E-state index is 11.2. The predicted octanol–water partition coefficient (Wildman–Crippen LogP) is 0.530. The van der Waals surface area contributed by atoms with Gasteiger partial charge in [-0.25, -0.2) is 0 Å². The van der Waals surface area contributed by atoms with Crippen LogP contribution in [0.2, 0.25) is 0 Å². The second-order valence-electron chi connectivity index (χ2n) is 4.85. The molecule has 98 valence electrons. The van der Waals surface area contributed by atoms with Crippen LogP contribution in [0.3, 0.4) is 0 Å². The molecule has 0 radical (unpaired) electrons. The Hall–Kier alpha value is -1.46. The number of aliphatic carboxylic acids is 1. The molecule has 1 aliphatic rings. The number of hydrogen-bond donors (Lipinski definition) is 1. The second kappa shape index (κ2) is 5.93. The van der Waals surface area contributed by atoms with E-state index in [0.29, 0.717) is 13.1 Å². The van der Waals surface area contributed by atoms with E-state index in [9.17, 15) is 9.90 Å². The normalized spacial score (nSPS) is 22.6. The van der Waals surface area contributed by atoms with Gasteiger partial charge in [0.1, 0.15) is 0 Å². The highest BCUT2D eigenvalue weighted by Gasteiger charge is 2.26. The Balaban J connectivity index is 2.01. The highest BCUT2D eigenvalue weighted by Crippen LogP contribution is 2.11. The lowest BCUT2D eigenvalue weighted by Gasteiger charge is -2.21. The van der Waals surface area contributed by atoms with Gasteiger partial charge in [0.15, 0.2) is 0 Å². The fraction of sp³-hybridized carbons (Fsp3) is 0.538. The Kier molecular flexibility index (Phi) is 4.28. The smallest absolute Gasteiger partial charge is 0.309 e. The van der Waals surface area contributed by atoms with Gasteiger partial charge in [-0.15, -0.1) is 0 Å². The van der Waals surface area contributed by atoms with Crippen LogP contribution in [0.5, 0.6) is 0 Å². The molecule has 2 rings (SSSR count). The van der Waals surface area contributed by atoms with Crippen molar-refractivity contribution in [2.75, 3.05) is 33.2 Å². The molecule has 1 saturated heterocycles. The van der Waals surface area contributed by atoms with Crippen LogP contribution < -0.4 is 0 Å². The molecule has 1 atom stereocenters. The van der Waals surface area contributed by atoms with E-state index in [1.165, 1.54) is 0 Å². The average Bonchev–Trinajstić information content (AvgIpc) is 2.53. The van der Waals surface area contributed by atoms with Crippen molar-refractivity contribution < 1.29 is 9.90 Å². The van der Waals surface area contributed by atoms with Gasteiger partial charge in [-0.05, 0) is 19.2 Å². The number of hydrogen-bond acceptors (Lipinski definition) is 4. The second-order valence-corrected chi connectivity index (χ2v) is 4.85. The molecule has 1 unspecified atom stereocenters. The van der Waals surface area contributed by atoms with E-state index in [1.54, 1.807) is 6.20 Å². The van der Waals surface area contributed by atoms with Crippen LogP contribution in [-0.4, -0.2) is 59.1 Å². The van der Waals surface area contributed by atoms with Crippen LogP contribution in [0.15, 0.2) is 24.4 Å². The Labute approximate surface area is 107 Å². The highest BCUT2D eigenvalue weighted by atomic mass is 16.4. The number of rotatable bonds is 3. The fourth-order valence-electron chi connectivity index (χ4n) is 2.26. The van der Waals surface area contributed by atoms with Crippen LogP contribution >= 0.6 is 0 Å². The molecule has 1 aromatic rings. The van der Waals surface area contributed by atoms with Crippen molar-refractivity contribution in [2.45, 2.75) is 6.54 Å². The highest BCUT2D eigenvalue weighted by molar-refractivity contribution is 5.70. The van der Waals surface area contributed by atoms with Crippen molar-refractivity contribution in [2.24, 2.45) is 5.92 Å². The van der Waals surface area contributed by atoms with Crippen molar-refractivity contribution in [3.05, 3.63) is 30.1 Å². The van der Waals surface area contributed by atoms with Gasteiger partial charge in [0.05, 0.1) is 11.6 Å². The minimum absolute atomic E-state index is 0.318. The summed E-state index contributed by atoms with van der Waals surface area (Å²) in [5, 5.41) is 9.20. The first-order chi connectivity index (χ1) is 8.65. The molecule has 1 aliphatic heterocycles. The van der Waals surface area contributed by atoms with E-state index >= 15 is 0 Å². The Bertz CT molecular complexity index is 396. The molecule has 0 aromatic carbocycles. The SMILES string of the molecule is CN1CCN(Cc2ccccn2)CC(C(=O)O)C1. The van der Waals surface area contributed by atoms with Crippen LogP contribution in [0.1, 0.15) is 5.69 Å². The quantitative estimate of drug-likeness (QED) is 0.847. The summed E-state index contributed by atoms with van der Waals surface area (Å²) in [5.74, 6) is -1.03. The summed E-state index contributed by atoms with van der Waals surface area (Å²) in [6, 6.07) is 5.82. The van der Waals surface area contributed by atoms with Gasteiger partial charge in [-0.2, -0.15) is 0 Å². The third-order valence-corrected chi connectivity index (χ3v) is 3.27. The molecule has 18 heavy (non-hydrogen) atoms. The zero-order valence-corrected chi connectivity index (χ0v) is 10.6.